The van der Waals surface area contributed by atoms with E-state index in [0.29, 0.717) is 11.8 Å². The second kappa shape index (κ2) is 3.89. The lowest BCUT2D eigenvalue weighted by atomic mass is 9.69. The van der Waals surface area contributed by atoms with Crippen LogP contribution in [0.5, 0.6) is 0 Å². The maximum absolute atomic E-state index is 10.9. The summed E-state index contributed by atoms with van der Waals surface area (Å²) in [5.41, 5.74) is 0. The monoisotopic (exact) mass is 198 g/mol. The van der Waals surface area contributed by atoms with E-state index in [2.05, 4.69) is 0 Å². The molecule has 0 saturated heterocycles. The van der Waals surface area contributed by atoms with Crippen LogP contribution in [0.3, 0.4) is 0 Å². The lowest BCUT2D eigenvalue weighted by Crippen LogP contribution is -2.41. The van der Waals surface area contributed by atoms with Crippen molar-refractivity contribution >= 4 is 5.97 Å². The largest absolute Gasteiger partial charge is 0.462 e. The molecule has 2 aliphatic rings. The summed E-state index contributed by atoms with van der Waals surface area (Å²) in [5, 5.41) is 9.68. The zero-order valence-corrected chi connectivity index (χ0v) is 8.61. The van der Waals surface area contributed by atoms with Gasteiger partial charge in [0.15, 0.2) is 0 Å². The van der Waals surface area contributed by atoms with Crippen molar-refractivity contribution in [3.05, 3.63) is 0 Å². The van der Waals surface area contributed by atoms with Crippen LogP contribution in [0.4, 0.5) is 0 Å². The first kappa shape index (κ1) is 9.97. The van der Waals surface area contributed by atoms with E-state index in [1.807, 2.05) is 0 Å². The van der Waals surface area contributed by atoms with Gasteiger partial charge in [-0.1, -0.05) is 0 Å². The van der Waals surface area contributed by atoms with Gasteiger partial charge in [0.05, 0.1) is 6.10 Å². The molecule has 4 atom stereocenters. The minimum absolute atomic E-state index is 0.107. The lowest BCUT2D eigenvalue weighted by Gasteiger charge is -2.41. The molecule has 3 nitrogen and oxygen atoms in total. The van der Waals surface area contributed by atoms with E-state index in [-0.39, 0.29) is 18.2 Å². The molecule has 1 N–H and O–H groups in total. The van der Waals surface area contributed by atoms with Gasteiger partial charge in [-0.05, 0) is 43.9 Å². The number of aliphatic hydroxyl groups excluding tert-OH is 1. The van der Waals surface area contributed by atoms with Gasteiger partial charge in [0.2, 0.25) is 0 Å². The Balaban J connectivity index is 1.95. The summed E-state index contributed by atoms with van der Waals surface area (Å²) < 4.78 is 5.29. The van der Waals surface area contributed by atoms with Gasteiger partial charge in [0, 0.05) is 6.92 Å². The Kier molecular flexibility index (Phi) is 2.77. The highest BCUT2D eigenvalue weighted by molar-refractivity contribution is 5.66. The fourth-order valence-corrected chi connectivity index (χ4v) is 2.91. The molecule has 0 heterocycles. The van der Waals surface area contributed by atoms with Gasteiger partial charge < -0.3 is 9.84 Å². The predicted molar refractivity (Wildman–Crippen MR) is 51.6 cm³/mol. The summed E-state index contributed by atoms with van der Waals surface area (Å²) in [6.45, 7) is 1.48. The van der Waals surface area contributed by atoms with Crippen LogP contribution in [-0.4, -0.2) is 23.3 Å². The van der Waals surface area contributed by atoms with Gasteiger partial charge in [-0.3, -0.25) is 4.79 Å². The number of carbonyl (C=O) groups is 1. The van der Waals surface area contributed by atoms with E-state index in [0.717, 1.165) is 32.1 Å². The van der Waals surface area contributed by atoms with Gasteiger partial charge in [0.25, 0.3) is 0 Å². The maximum Gasteiger partial charge on any atom is 0.302 e. The first-order valence-electron chi connectivity index (χ1n) is 5.52. The van der Waals surface area contributed by atoms with Crippen LogP contribution in [-0.2, 0) is 9.53 Å². The number of aliphatic hydroxyl groups is 1. The molecule has 2 aliphatic carbocycles. The number of hydrogen-bond donors (Lipinski definition) is 1. The Morgan fingerprint density at radius 1 is 1.21 bits per heavy atom. The summed E-state index contributed by atoms with van der Waals surface area (Å²) in [7, 11) is 0. The van der Waals surface area contributed by atoms with Crippen LogP contribution in [0.15, 0.2) is 0 Å². The van der Waals surface area contributed by atoms with Gasteiger partial charge in [-0.2, -0.15) is 0 Å². The normalized spacial score (nSPS) is 41.9. The van der Waals surface area contributed by atoms with E-state index < -0.39 is 0 Å². The van der Waals surface area contributed by atoms with Crippen molar-refractivity contribution in [3.8, 4) is 0 Å². The zero-order chi connectivity index (χ0) is 10.1. The van der Waals surface area contributed by atoms with E-state index in [4.69, 9.17) is 4.74 Å². The van der Waals surface area contributed by atoms with Crippen LogP contribution < -0.4 is 0 Å². The van der Waals surface area contributed by atoms with Gasteiger partial charge in [0.1, 0.15) is 6.10 Å². The topological polar surface area (TPSA) is 46.5 Å². The van der Waals surface area contributed by atoms with Crippen molar-refractivity contribution in [2.75, 3.05) is 0 Å². The molecule has 0 aromatic heterocycles. The van der Waals surface area contributed by atoms with Crippen LogP contribution in [0, 0.1) is 11.8 Å². The van der Waals surface area contributed by atoms with Crippen LogP contribution in [0.25, 0.3) is 0 Å². The average Bonchev–Trinajstić information content (AvgIpc) is 2.14. The predicted octanol–water partition coefficient (Wildman–Crippen LogP) is 1.49. The molecular weight excluding hydrogens is 180 g/mol. The van der Waals surface area contributed by atoms with Crippen molar-refractivity contribution < 1.29 is 14.6 Å². The molecule has 2 bridgehead atoms. The Hall–Kier alpha value is -0.570. The minimum atomic E-state index is -0.167. The molecule has 3 heteroatoms. The van der Waals surface area contributed by atoms with Crippen molar-refractivity contribution in [1.29, 1.82) is 0 Å². The summed E-state index contributed by atoms with van der Waals surface area (Å²) in [5.74, 6) is 0.793. The fourth-order valence-electron chi connectivity index (χ4n) is 2.91. The molecule has 2 fully saturated rings. The van der Waals surface area contributed by atoms with Crippen molar-refractivity contribution in [3.63, 3.8) is 0 Å². The van der Waals surface area contributed by atoms with Gasteiger partial charge in [-0.15, -0.1) is 0 Å². The minimum Gasteiger partial charge on any atom is -0.462 e. The van der Waals surface area contributed by atoms with Crippen LogP contribution in [0.2, 0.25) is 0 Å². The molecule has 0 spiro atoms. The highest BCUT2D eigenvalue weighted by atomic mass is 16.5. The van der Waals surface area contributed by atoms with Crippen LogP contribution >= 0.6 is 0 Å². The molecule has 0 aromatic carbocycles. The first-order chi connectivity index (χ1) is 6.66. The van der Waals surface area contributed by atoms with Gasteiger partial charge >= 0.3 is 5.97 Å². The van der Waals surface area contributed by atoms with Crippen molar-refractivity contribution in [2.45, 2.75) is 51.2 Å². The van der Waals surface area contributed by atoms with Crippen molar-refractivity contribution in [2.24, 2.45) is 11.8 Å². The molecule has 80 valence electrons. The summed E-state index contributed by atoms with van der Waals surface area (Å²) >= 11 is 0. The van der Waals surface area contributed by atoms with E-state index in [9.17, 15) is 9.90 Å². The molecule has 0 radical (unpaired) electrons. The first-order valence-corrected chi connectivity index (χ1v) is 5.52. The third kappa shape index (κ3) is 1.92. The Morgan fingerprint density at radius 3 is 2.64 bits per heavy atom. The smallest absolute Gasteiger partial charge is 0.302 e. The second-order valence-corrected chi connectivity index (χ2v) is 4.63. The molecule has 0 aliphatic heterocycles. The molecule has 14 heavy (non-hydrogen) atoms. The second-order valence-electron chi connectivity index (χ2n) is 4.63. The summed E-state index contributed by atoms with van der Waals surface area (Å²) in [6, 6.07) is 0. The number of fused-ring (bicyclic) bond motifs is 2. The van der Waals surface area contributed by atoms with Crippen LogP contribution in [0.1, 0.15) is 39.0 Å². The Labute approximate surface area is 84.4 Å². The molecule has 2 saturated carbocycles. The Bertz CT molecular complexity index is 227. The van der Waals surface area contributed by atoms with E-state index >= 15 is 0 Å². The Morgan fingerprint density at radius 2 is 1.93 bits per heavy atom. The third-order valence-electron chi connectivity index (χ3n) is 3.65. The molecule has 2 rings (SSSR count). The molecule has 0 amide bonds. The fraction of sp³-hybridized carbons (Fsp3) is 0.909. The number of carbonyl (C=O) groups excluding carboxylic acids is 1. The molecular formula is C11H18O3. The number of hydrogen-bond acceptors (Lipinski definition) is 3. The van der Waals surface area contributed by atoms with E-state index in [1.165, 1.54) is 6.92 Å². The molecule has 0 aromatic rings. The van der Waals surface area contributed by atoms with E-state index in [1.54, 1.807) is 0 Å². The lowest BCUT2D eigenvalue weighted by molar-refractivity contribution is -0.154. The van der Waals surface area contributed by atoms with Crippen molar-refractivity contribution in [1.82, 2.24) is 0 Å². The quantitative estimate of drug-likeness (QED) is 0.649. The van der Waals surface area contributed by atoms with Gasteiger partial charge in [-0.25, -0.2) is 0 Å². The highest BCUT2D eigenvalue weighted by Crippen LogP contribution is 2.41. The standard InChI is InChI=1S/C11H18O3/c1-7(12)14-11-5-3-8-6-9(11)2-4-10(8)13/h8-11,13H,2-6H2,1H3/t8-,9-,10+,11+/m0/s1. The SMILES string of the molecule is CC(=O)O[C@@H]1CC[C@H]2C[C@@H]1CC[C@H]2O. The highest BCUT2D eigenvalue weighted by Gasteiger charge is 2.39. The maximum atomic E-state index is 10.9. The average molecular weight is 198 g/mol. The third-order valence-corrected chi connectivity index (χ3v) is 3.65. The number of ether oxygens (including phenoxy) is 1. The zero-order valence-electron chi connectivity index (χ0n) is 8.61. The number of rotatable bonds is 1. The summed E-state index contributed by atoms with van der Waals surface area (Å²) in [4.78, 5) is 10.9. The number of esters is 1. The molecule has 0 unspecified atom stereocenters. The summed E-state index contributed by atoms with van der Waals surface area (Å²) in [6.07, 6.45) is 4.89.